The van der Waals surface area contributed by atoms with Gasteiger partial charge in [0.25, 0.3) is 0 Å². The van der Waals surface area contributed by atoms with E-state index in [-0.39, 0.29) is 0 Å². The number of nitrogens with zero attached hydrogens (tertiary/aromatic N) is 12. The van der Waals surface area contributed by atoms with Crippen LogP contribution in [0.15, 0.2) is 310 Å². The van der Waals surface area contributed by atoms with E-state index >= 15 is 0 Å². The van der Waals surface area contributed by atoms with Crippen LogP contribution in [0.2, 0.25) is 0 Å². The van der Waals surface area contributed by atoms with Crippen molar-refractivity contribution < 1.29 is 0 Å². The Bertz CT molecular complexity index is 5020. The highest BCUT2D eigenvalue weighted by molar-refractivity contribution is 5.81. The van der Waals surface area contributed by atoms with Gasteiger partial charge in [-0.15, -0.1) is 0 Å². The van der Waals surface area contributed by atoms with Gasteiger partial charge in [-0.05, 0) is 281 Å². The highest BCUT2D eigenvalue weighted by atomic mass is 14.8. The smallest absolute Gasteiger partial charge is 0.0889 e. The van der Waals surface area contributed by atoms with Crippen molar-refractivity contribution in [3.63, 3.8) is 0 Å². The fourth-order valence-corrected chi connectivity index (χ4v) is 11.7. The first-order chi connectivity index (χ1) is 54.1. The van der Waals surface area contributed by atoms with Crippen LogP contribution in [0.3, 0.4) is 0 Å². The quantitative estimate of drug-likeness (QED) is 0.142. The summed E-state index contributed by atoms with van der Waals surface area (Å²) in [7, 11) is 0. The van der Waals surface area contributed by atoms with E-state index in [9.17, 15) is 0 Å². The van der Waals surface area contributed by atoms with Crippen LogP contribution in [0.4, 0.5) is 0 Å². The third kappa shape index (κ3) is 26.7. The Labute approximate surface area is 664 Å². The van der Waals surface area contributed by atoms with Gasteiger partial charge >= 0.3 is 0 Å². The third-order valence-corrected chi connectivity index (χ3v) is 18.0. The molecule has 12 nitrogen and oxygen atoms in total. The highest BCUT2D eigenvalue weighted by Gasteiger charge is 2.10. The van der Waals surface area contributed by atoms with Gasteiger partial charge in [0, 0.05) is 130 Å². The van der Waals surface area contributed by atoms with Crippen LogP contribution in [0.1, 0.15) is 110 Å². The lowest BCUT2D eigenvalue weighted by Crippen LogP contribution is -1.94. The van der Waals surface area contributed by atoms with E-state index in [0.717, 1.165) is 107 Å². The van der Waals surface area contributed by atoms with E-state index in [1.54, 1.807) is 0 Å². The Morgan fingerprint density at radius 1 is 0.223 bits per heavy atom. The predicted molar refractivity (Wildman–Crippen MR) is 465 cm³/mol. The average Bonchev–Trinajstić information content (AvgIpc) is 0.822. The monoisotopic (exact) mass is 1470 g/mol. The van der Waals surface area contributed by atoms with Crippen LogP contribution in [-0.4, -0.2) is 59.8 Å². The van der Waals surface area contributed by atoms with Crippen LogP contribution in [0.25, 0.3) is 84.4 Å². The molecule has 0 fully saturated rings. The molecule has 3 aromatic carbocycles. The second kappa shape index (κ2) is 42.6. The fraction of sp³-hybridized carbons (Fsp3) is 0.180. The molecule has 0 aliphatic heterocycles. The zero-order chi connectivity index (χ0) is 79.7. The highest BCUT2D eigenvalue weighted by Crippen LogP contribution is 2.31. The number of allylic oxidation sites excluding steroid dienone is 4. The van der Waals surface area contributed by atoms with Crippen molar-refractivity contribution in [2.75, 3.05) is 0 Å². The molecule has 562 valence electrons. The normalized spacial score (nSPS) is 10.9. The summed E-state index contributed by atoms with van der Waals surface area (Å²) in [5, 5.41) is 0. The van der Waals surface area contributed by atoms with Crippen molar-refractivity contribution in [2.24, 2.45) is 0 Å². The number of hydrogen-bond acceptors (Lipinski definition) is 12. The number of benzene rings is 3. The molecule has 0 unspecified atom stereocenters. The van der Waals surface area contributed by atoms with E-state index in [0.29, 0.717) is 0 Å². The molecular weight excluding hydrogens is 1370 g/mol. The topological polar surface area (TPSA) is 155 Å². The number of hydrogen-bond donors (Lipinski definition) is 0. The number of aryl methyl sites for hydroxylation is 15. The Kier molecular flexibility index (Phi) is 31.6. The Morgan fingerprint density at radius 2 is 0.661 bits per heavy atom. The summed E-state index contributed by atoms with van der Waals surface area (Å²) in [5.41, 5.74) is 36.3. The lowest BCUT2D eigenvalue weighted by molar-refractivity contribution is 1.02. The molecule has 15 aromatic rings. The second-order valence-corrected chi connectivity index (χ2v) is 28.0. The van der Waals surface area contributed by atoms with Crippen LogP contribution in [0.5, 0.6) is 0 Å². The van der Waals surface area contributed by atoms with Crippen molar-refractivity contribution >= 4 is 5.57 Å². The first kappa shape index (κ1) is 83.0. The van der Waals surface area contributed by atoms with Gasteiger partial charge < -0.3 is 0 Å². The molecule has 1 aliphatic rings. The second-order valence-electron chi connectivity index (χ2n) is 28.0. The van der Waals surface area contributed by atoms with E-state index in [1.807, 2.05) is 260 Å². The Hall–Kier alpha value is -13.1. The van der Waals surface area contributed by atoms with Gasteiger partial charge in [-0.25, -0.2) is 0 Å². The van der Waals surface area contributed by atoms with Gasteiger partial charge in [0.05, 0.1) is 39.9 Å². The Balaban J connectivity index is 0.000000147. The lowest BCUT2D eigenvalue weighted by atomic mass is 9.90. The predicted octanol–water partition coefficient (Wildman–Crippen LogP) is 24.7. The number of aromatic nitrogens is 12. The van der Waals surface area contributed by atoms with Gasteiger partial charge in [0.15, 0.2) is 0 Å². The summed E-state index contributed by atoms with van der Waals surface area (Å²) < 4.78 is 0. The molecule has 0 atom stereocenters. The van der Waals surface area contributed by atoms with E-state index in [4.69, 9.17) is 0 Å². The molecule has 0 N–H and O–H groups in total. The molecule has 0 radical (unpaired) electrons. The van der Waals surface area contributed by atoms with Gasteiger partial charge in [-0.3, -0.25) is 59.8 Å². The minimum absolute atomic E-state index is 0.926. The van der Waals surface area contributed by atoms with Crippen LogP contribution < -0.4 is 0 Å². The summed E-state index contributed by atoms with van der Waals surface area (Å²) in [6.07, 6.45) is 27.4. The summed E-state index contributed by atoms with van der Waals surface area (Å²) in [6.45, 7) is 32.8. The van der Waals surface area contributed by atoms with Gasteiger partial charge in [-0.2, -0.15) is 0 Å². The zero-order valence-electron chi connectivity index (χ0n) is 67.6. The van der Waals surface area contributed by atoms with E-state index in [2.05, 4.69) is 216 Å². The SMILES string of the molecule is CC1=CCCC=C1c1ccccc1C.Cc1ccc(-c2cc(C)ccn2)nc1.Cc1ccc(-c2ccc(C)cn2)nc1.Cc1ccc(-c2ccc(C)nc2)cn1.Cc1ccc(-c2cncc(C)c2)nc1.Cc1cccc(-c2cccc(C)c2)c1.Cc1cccc(-c2cccc(C)n2)n1.Cc1ncccc1-c1cccnc1C. The maximum absolute atomic E-state index is 4.42. The molecular formula is C100H102N12. The van der Waals surface area contributed by atoms with Crippen molar-refractivity contribution in [1.29, 1.82) is 0 Å². The molecule has 12 heteroatoms. The molecule has 0 bridgehead atoms. The summed E-state index contributed by atoms with van der Waals surface area (Å²) in [5.74, 6) is 0. The number of pyridine rings is 12. The van der Waals surface area contributed by atoms with Crippen molar-refractivity contribution in [2.45, 2.75) is 124 Å². The van der Waals surface area contributed by atoms with E-state index in [1.165, 1.54) is 85.2 Å². The lowest BCUT2D eigenvalue weighted by Gasteiger charge is -2.14. The maximum Gasteiger partial charge on any atom is 0.0889 e. The summed E-state index contributed by atoms with van der Waals surface area (Å²) in [4.78, 5) is 51.6. The molecule has 0 saturated heterocycles. The molecule has 12 aromatic heterocycles. The van der Waals surface area contributed by atoms with Crippen LogP contribution in [-0.2, 0) is 0 Å². The first-order valence-corrected chi connectivity index (χ1v) is 37.8. The molecule has 0 saturated carbocycles. The largest absolute Gasteiger partial charge is 0.264 e. The van der Waals surface area contributed by atoms with E-state index < -0.39 is 0 Å². The first-order valence-electron chi connectivity index (χ1n) is 37.8. The fourth-order valence-electron chi connectivity index (χ4n) is 11.7. The van der Waals surface area contributed by atoms with Gasteiger partial charge in [0.2, 0.25) is 0 Å². The minimum Gasteiger partial charge on any atom is -0.264 e. The minimum atomic E-state index is 0.926. The molecule has 1 aliphatic carbocycles. The van der Waals surface area contributed by atoms with Crippen LogP contribution >= 0.6 is 0 Å². The summed E-state index contributed by atoms with van der Waals surface area (Å²) >= 11 is 0. The maximum atomic E-state index is 4.42. The zero-order valence-corrected chi connectivity index (χ0v) is 67.6. The van der Waals surface area contributed by atoms with Gasteiger partial charge in [-0.1, -0.05) is 157 Å². The third-order valence-electron chi connectivity index (χ3n) is 18.0. The van der Waals surface area contributed by atoms with Crippen molar-refractivity contribution in [3.8, 4) is 78.8 Å². The van der Waals surface area contributed by atoms with Crippen molar-refractivity contribution in [3.05, 3.63) is 400 Å². The van der Waals surface area contributed by atoms with Gasteiger partial charge in [0.1, 0.15) is 0 Å². The molecule has 0 spiro atoms. The summed E-state index contributed by atoms with van der Waals surface area (Å²) in [6, 6.07) is 76.3. The molecule has 12 heterocycles. The molecule has 0 amide bonds. The molecule has 112 heavy (non-hydrogen) atoms. The standard InChI is InChI=1S/C14H14.C14H16.6C12H12N2/c1-11-5-3-7-13(9-11)14-8-4-6-12(2)10-14;1-11-7-3-5-9-13(11)14-10-6-4-8-12(14)2;1-9-3-5-11(7-13-9)12-6-4-10(2)14-8-12;1-9-3-5-11(13-7-9)12-6-4-10(2)8-14-12;1-9-11(5-3-7-13-9)12-6-4-8-14-10(12)2;1-9-5-3-7-11(13-9)12-8-4-6-10(2)14-12;1-9-3-4-12(14-7-9)11-5-10(2)6-13-8-11;1-9-5-6-13-12(7-9)11-4-3-10(2)8-14-11/h3-10H,1-2H3;3,5,7-10H,4,6H2,1-2H3;6*3-8H,1-2H3. The van der Waals surface area contributed by atoms with Crippen LogP contribution in [0, 0.1) is 104 Å². The number of rotatable bonds is 8. The average molecular weight is 1470 g/mol. The van der Waals surface area contributed by atoms with Crippen molar-refractivity contribution in [1.82, 2.24) is 59.8 Å². The Morgan fingerprint density at radius 3 is 1.07 bits per heavy atom. The molecule has 16 rings (SSSR count).